The number of hydrogen-bond donors (Lipinski definition) is 2. The second-order valence-electron chi connectivity index (χ2n) is 5.34. The third kappa shape index (κ3) is 4.82. The minimum atomic E-state index is -0.240. The number of rotatable bonds is 7. The van der Waals surface area contributed by atoms with Crippen molar-refractivity contribution in [3.8, 4) is 5.75 Å². The number of nitrogens with zero attached hydrogens (tertiary/aromatic N) is 1. The Hall–Kier alpha value is -1.92. The monoisotopic (exact) mass is 319 g/mol. The molecule has 0 fully saturated rings. The maximum atomic E-state index is 12.1. The summed E-state index contributed by atoms with van der Waals surface area (Å²) in [6.45, 7) is 5.32. The molecule has 0 unspecified atom stereocenters. The molecule has 2 rings (SSSR count). The first kappa shape index (κ1) is 16.5. The maximum absolute atomic E-state index is 12.1. The van der Waals surface area contributed by atoms with Crippen LogP contribution in [0, 0.1) is 5.92 Å². The van der Waals surface area contributed by atoms with E-state index >= 15 is 0 Å². The molecule has 0 saturated heterocycles. The predicted octanol–water partition coefficient (Wildman–Crippen LogP) is 3.28. The van der Waals surface area contributed by atoms with E-state index in [4.69, 9.17) is 10.5 Å². The third-order valence-electron chi connectivity index (χ3n) is 3.01. The number of anilines is 1. The van der Waals surface area contributed by atoms with E-state index in [1.165, 1.54) is 11.3 Å². The average Bonchev–Trinajstić information content (AvgIpc) is 2.96. The number of nitrogens with one attached hydrogen (secondary N) is 1. The van der Waals surface area contributed by atoms with Crippen molar-refractivity contribution < 1.29 is 9.53 Å². The zero-order valence-electron chi connectivity index (χ0n) is 12.8. The first-order chi connectivity index (χ1) is 10.6. The van der Waals surface area contributed by atoms with Crippen molar-refractivity contribution in [3.05, 3.63) is 40.3 Å². The van der Waals surface area contributed by atoms with Gasteiger partial charge in [-0.3, -0.25) is 4.79 Å². The molecule has 118 valence electrons. The Kier molecular flexibility index (Phi) is 5.91. The van der Waals surface area contributed by atoms with Gasteiger partial charge in [0.1, 0.15) is 16.5 Å². The van der Waals surface area contributed by atoms with Crippen molar-refractivity contribution in [2.75, 3.05) is 11.9 Å². The van der Waals surface area contributed by atoms with Gasteiger partial charge < -0.3 is 15.8 Å². The highest BCUT2D eigenvalue weighted by Gasteiger charge is 2.10. The molecule has 22 heavy (non-hydrogen) atoms. The number of benzene rings is 1. The lowest BCUT2D eigenvalue weighted by Crippen LogP contribution is -2.12. The molecule has 0 aliphatic heterocycles. The molecule has 1 amide bonds. The number of amides is 1. The van der Waals surface area contributed by atoms with Gasteiger partial charge in [-0.15, -0.1) is 11.3 Å². The zero-order valence-corrected chi connectivity index (χ0v) is 13.7. The van der Waals surface area contributed by atoms with E-state index in [1.54, 1.807) is 5.38 Å². The molecule has 1 aromatic carbocycles. The number of ether oxygens (including phenoxy) is 1. The van der Waals surface area contributed by atoms with Crippen molar-refractivity contribution in [3.63, 3.8) is 0 Å². The molecule has 0 spiro atoms. The van der Waals surface area contributed by atoms with Crippen LogP contribution in [0.1, 0.15) is 35.8 Å². The fourth-order valence-corrected chi connectivity index (χ4v) is 2.43. The topological polar surface area (TPSA) is 77.2 Å². The fourth-order valence-electron chi connectivity index (χ4n) is 1.78. The van der Waals surface area contributed by atoms with Crippen LogP contribution in [-0.2, 0) is 6.54 Å². The Morgan fingerprint density at radius 2 is 2.27 bits per heavy atom. The molecule has 2 aromatic rings. The molecule has 0 aliphatic carbocycles. The molecular formula is C16H21N3O2S. The number of carbonyl (C=O) groups is 1. The van der Waals surface area contributed by atoms with Gasteiger partial charge >= 0.3 is 0 Å². The second kappa shape index (κ2) is 7.91. The van der Waals surface area contributed by atoms with Crippen LogP contribution in [0.25, 0.3) is 0 Å². The summed E-state index contributed by atoms with van der Waals surface area (Å²) in [6.07, 6.45) is 0.997. The van der Waals surface area contributed by atoms with Gasteiger partial charge in [0.05, 0.1) is 6.61 Å². The van der Waals surface area contributed by atoms with E-state index in [9.17, 15) is 4.79 Å². The minimum Gasteiger partial charge on any atom is -0.494 e. The molecule has 0 atom stereocenters. The highest BCUT2D eigenvalue weighted by Crippen LogP contribution is 2.19. The summed E-state index contributed by atoms with van der Waals surface area (Å²) in [4.78, 5) is 16.3. The second-order valence-corrected chi connectivity index (χ2v) is 6.29. The molecule has 3 N–H and O–H groups in total. The minimum absolute atomic E-state index is 0.240. The Morgan fingerprint density at radius 1 is 1.45 bits per heavy atom. The summed E-state index contributed by atoms with van der Waals surface area (Å²) >= 11 is 1.38. The highest BCUT2D eigenvalue weighted by atomic mass is 32.1. The Bertz CT molecular complexity index is 625. The van der Waals surface area contributed by atoms with Gasteiger partial charge in [-0.1, -0.05) is 19.9 Å². The molecule has 6 heteroatoms. The Morgan fingerprint density at radius 3 is 2.95 bits per heavy atom. The van der Waals surface area contributed by atoms with E-state index < -0.39 is 0 Å². The SMILES string of the molecule is CC(C)CCOc1cccc(NC(=O)c2csc(CN)n2)c1. The van der Waals surface area contributed by atoms with Crippen molar-refractivity contribution in [2.45, 2.75) is 26.8 Å². The van der Waals surface area contributed by atoms with Crippen LogP contribution in [0.4, 0.5) is 5.69 Å². The molecule has 1 aromatic heterocycles. The van der Waals surface area contributed by atoms with Crippen LogP contribution < -0.4 is 15.8 Å². The largest absolute Gasteiger partial charge is 0.494 e. The molecule has 0 radical (unpaired) electrons. The summed E-state index contributed by atoms with van der Waals surface area (Å²) in [5.41, 5.74) is 6.58. The van der Waals surface area contributed by atoms with Crippen LogP contribution in [-0.4, -0.2) is 17.5 Å². The summed E-state index contributed by atoms with van der Waals surface area (Å²) in [5, 5.41) is 5.27. The van der Waals surface area contributed by atoms with E-state index in [2.05, 4.69) is 24.1 Å². The van der Waals surface area contributed by atoms with Crippen molar-refractivity contribution >= 4 is 22.9 Å². The third-order valence-corrected chi connectivity index (χ3v) is 3.89. The van der Waals surface area contributed by atoms with Crippen LogP contribution in [0.3, 0.4) is 0 Å². The first-order valence-electron chi connectivity index (χ1n) is 7.27. The normalized spacial score (nSPS) is 10.7. The molecule has 0 aliphatic rings. The van der Waals surface area contributed by atoms with Gasteiger partial charge in [0.2, 0.25) is 0 Å². The molecular weight excluding hydrogens is 298 g/mol. The number of hydrogen-bond acceptors (Lipinski definition) is 5. The number of thiazole rings is 1. The van der Waals surface area contributed by atoms with Crippen molar-refractivity contribution in [2.24, 2.45) is 11.7 Å². The van der Waals surface area contributed by atoms with Gasteiger partial charge in [-0.25, -0.2) is 4.98 Å². The summed E-state index contributed by atoms with van der Waals surface area (Å²) in [7, 11) is 0. The average molecular weight is 319 g/mol. The summed E-state index contributed by atoms with van der Waals surface area (Å²) in [5.74, 6) is 1.11. The maximum Gasteiger partial charge on any atom is 0.275 e. The van der Waals surface area contributed by atoms with E-state index in [1.807, 2.05) is 24.3 Å². The molecule has 5 nitrogen and oxygen atoms in total. The van der Waals surface area contributed by atoms with Crippen LogP contribution >= 0.6 is 11.3 Å². The predicted molar refractivity (Wildman–Crippen MR) is 89.4 cm³/mol. The van der Waals surface area contributed by atoms with E-state index in [-0.39, 0.29) is 5.91 Å². The van der Waals surface area contributed by atoms with Gasteiger partial charge in [0.25, 0.3) is 5.91 Å². The fraction of sp³-hybridized carbons (Fsp3) is 0.375. The van der Waals surface area contributed by atoms with Gasteiger partial charge in [-0.2, -0.15) is 0 Å². The van der Waals surface area contributed by atoms with Crippen molar-refractivity contribution in [1.82, 2.24) is 4.98 Å². The van der Waals surface area contributed by atoms with Crippen LogP contribution in [0.15, 0.2) is 29.6 Å². The van der Waals surface area contributed by atoms with Gasteiger partial charge in [-0.05, 0) is 24.5 Å². The number of aromatic nitrogens is 1. The lowest BCUT2D eigenvalue weighted by Gasteiger charge is -2.10. The quantitative estimate of drug-likeness (QED) is 0.821. The van der Waals surface area contributed by atoms with Crippen molar-refractivity contribution in [1.29, 1.82) is 0 Å². The van der Waals surface area contributed by atoms with Crippen LogP contribution in [0.5, 0.6) is 5.75 Å². The molecule has 0 bridgehead atoms. The smallest absolute Gasteiger partial charge is 0.275 e. The molecule has 0 saturated carbocycles. The highest BCUT2D eigenvalue weighted by molar-refractivity contribution is 7.09. The van der Waals surface area contributed by atoms with Gasteiger partial charge in [0, 0.05) is 23.7 Å². The molecule has 1 heterocycles. The Balaban J connectivity index is 1.96. The first-order valence-corrected chi connectivity index (χ1v) is 8.15. The Labute approximate surface area is 134 Å². The summed E-state index contributed by atoms with van der Waals surface area (Å²) < 4.78 is 5.68. The lowest BCUT2D eigenvalue weighted by atomic mass is 10.1. The van der Waals surface area contributed by atoms with Crippen LogP contribution in [0.2, 0.25) is 0 Å². The summed E-state index contributed by atoms with van der Waals surface area (Å²) in [6, 6.07) is 7.37. The zero-order chi connectivity index (χ0) is 15.9. The number of carbonyl (C=O) groups excluding carboxylic acids is 1. The standard InChI is InChI=1S/C16H21N3O2S/c1-11(2)6-7-21-13-5-3-4-12(8-13)18-16(20)14-10-22-15(9-17)19-14/h3-5,8,10-11H,6-7,9,17H2,1-2H3,(H,18,20). The number of nitrogens with two attached hydrogens (primary N) is 1. The van der Waals surface area contributed by atoms with E-state index in [0.717, 1.165) is 17.2 Å². The lowest BCUT2D eigenvalue weighted by molar-refractivity contribution is 0.102. The van der Waals surface area contributed by atoms with Gasteiger partial charge in [0.15, 0.2) is 0 Å². The van der Waals surface area contributed by atoms with E-state index in [0.29, 0.717) is 30.5 Å².